The van der Waals surface area contributed by atoms with Crippen molar-refractivity contribution in [1.82, 2.24) is 19.9 Å². The zero-order valence-corrected chi connectivity index (χ0v) is 10.2. The van der Waals surface area contributed by atoms with Crippen molar-refractivity contribution in [1.29, 1.82) is 0 Å². The van der Waals surface area contributed by atoms with E-state index in [1.165, 1.54) is 0 Å². The van der Waals surface area contributed by atoms with Crippen molar-refractivity contribution in [3.8, 4) is 5.88 Å². The molecule has 1 saturated heterocycles. The van der Waals surface area contributed by atoms with Crippen molar-refractivity contribution in [3.63, 3.8) is 0 Å². The molecule has 2 atom stereocenters. The quantitative estimate of drug-likeness (QED) is 0.856. The number of fused-ring (bicyclic) bond motifs is 1. The summed E-state index contributed by atoms with van der Waals surface area (Å²) in [7, 11) is 0. The fourth-order valence-electron chi connectivity index (χ4n) is 2.02. The third kappa shape index (κ3) is 2.44. The van der Waals surface area contributed by atoms with Crippen LogP contribution in [0.15, 0.2) is 24.5 Å². The first-order valence-electron chi connectivity index (χ1n) is 6.10. The summed E-state index contributed by atoms with van der Waals surface area (Å²) in [6, 6.07) is 3.65. The molecule has 3 rings (SSSR count). The van der Waals surface area contributed by atoms with Gasteiger partial charge in [-0.3, -0.25) is 0 Å². The number of morpholine rings is 1. The lowest BCUT2D eigenvalue weighted by atomic mass is 10.2. The summed E-state index contributed by atoms with van der Waals surface area (Å²) in [4.78, 5) is 4.34. The van der Waals surface area contributed by atoms with Gasteiger partial charge in [-0.25, -0.2) is 4.52 Å². The zero-order chi connectivity index (χ0) is 12.4. The summed E-state index contributed by atoms with van der Waals surface area (Å²) in [6.45, 7) is 4.28. The van der Waals surface area contributed by atoms with Gasteiger partial charge >= 0.3 is 0 Å². The van der Waals surface area contributed by atoms with Gasteiger partial charge in [-0.1, -0.05) is 0 Å². The van der Waals surface area contributed by atoms with Gasteiger partial charge < -0.3 is 14.8 Å². The van der Waals surface area contributed by atoms with E-state index in [-0.39, 0.29) is 12.2 Å². The molecule has 1 fully saturated rings. The minimum atomic E-state index is 0.0803. The van der Waals surface area contributed by atoms with Gasteiger partial charge in [-0.15, -0.1) is 0 Å². The highest BCUT2D eigenvalue weighted by Gasteiger charge is 2.19. The Balaban J connectivity index is 1.61. The number of hydrogen-bond acceptors (Lipinski definition) is 5. The molecule has 0 bridgehead atoms. The second kappa shape index (κ2) is 4.91. The van der Waals surface area contributed by atoms with Crippen LogP contribution in [0.1, 0.15) is 6.92 Å². The molecule has 6 nitrogen and oxygen atoms in total. The number of rotatable bonds is 3. The Morgan fingerprint density at radius 3 is 3.33 bits per heavy atom. The zero-order valence-electron chi connectivity index (χ0n) is 10.2. The third-order valence-electron chi connectivity index (χ3n) is 2.88. The summed E-state index contributed by atoms with van der Waals surface area (Å²) >= 11 is 0. The van der Waals surface area contributed by atoms with Gasteiger partial charge in [0.25, 0.3) is 0 Å². The molecule has 0 amide bonds. The second-order valence-electron chi connectivity index (χ2n) is 4.44. The second-order valence-corrected chi connectivity index (χ2v) is 4.44. The van der Waals surface area contributed by atoms with Gasteiger partial charge in [0.05, 0.1) is 12.3 Å². The molecule has 18 heavy (non-hydrogen) atoms. The van der Waals surface area contributed by atoms with Crippen molar-refractivity contribution in [2.24, 2.45) is 0 Å². The number of nitrogens with zero attached hydrogens (tertiary/aromatic N) is 3. The molecule has 0 aromatic carbocycles. The maximum atomic E-state index is 5.75. The Hall–Kier alpha value is -1.66. The summed E-state index contributed by atoms with van der Waals surface area (Å²) < 4.78 is 13.1. The van der Waals surface area contributed by atoms with Crippen LogP contribution in [0.2, 0.25) is 0 Å². The van der Waals surface area contributed by atoms with Crippen molar-refractivity contribution >= 4 is 5.65 Å². The van der Waals surface area contributed by atoms with Crippen molar-refractivity contribution in [2.45, 2.75) is 19.1 Å². The molecule has 6 heteroatoms. The lowest BCUT2D eigenvalue weighted by Gasteiger charge is -2.28. The van der Waals surface area contributed by atoms with E-state index in [1.807, 2.05) is 12.3 Å². The maximum Gasteiger partial charge on any atom is 0.216 e. The molecule has 96 valence electrons. The van der Waals surface area contributed by atoms with Crippen LogP contribution in [-0.2, 0) is 4.74 Å². The number of nitrogens with one attached hydrogen (secondary N) is 1. The average molecular weight is 248 g/mol. The van der Waals surface area contributed by atoms with Crippen LogP contribution in [0.5, 0.6) is 5.88 Å². The lowest BCUT2D eigenvalue weighted by molar-refractivity contribution is -0.0476. The van der Waals surface area contributed by atoms with E-state index >= 15 is 0 Å². The lowest BCUT2D eigenvalue weighted by Crippen LogP contribution is -2.45. The monoisotopic (exact) mass is 248 g/mol. The summed E-state index contributed by atoms with van der Waals surface area (Å²) in [6.07, 6.45) is 3.86. The van der Waals surface area contributed by atoms with Crippen LogP contribution in [-0.4, -0.2) is 46.5 Å². The first-order valence-corrected chi connectivity index (χ1v) is 6.10. The van der Waals surface area contributed by atoms with Gasteiger partial charge in [0.15, 0.2) is 5.65 Å². The van der Waals surface area contributed by atoms with Crippen molar-refractivity contribution in [2.75, 3.05) is 19.7 Å². The molecule has 1 N–H and O–H groups in total. The first kappa shape index (κ1) is 11.4. The molecule has 0 aliphatic carbocycles. The highest BCUT2D eigenvalue weighted by atomic mass is 16.5. The molecular weight excluding hydrogens is 232 g/mol. The minimum Gasteiger partial charge on any atom is -0.475 e. The van der Waals surface area contributed by atoms with Crippen LogP contribution in [0.4, 0.5) is 0 Å². The normalized spacial score (nSPS) is 24.3. The van der Waals surface area contributed by atoms with Crippen LogP contribution >= 0.6 is 0 Å². The SMILES string of the molecule is CC1CNCC(COc2ccn3nccc3n2)O1. The molecule has 1 aliphatic heterocycles. The van der Waals surface area contributed by atoms with Gasteiger partial charge in [0.1, 0.15) is 12.7 Å². The van der Waals surface area contributed by atoms with Crippen molar-refractivity contribution < 1.29 is 9.47 Å². The van der Waals surface area contributed by atoms with E-state index in [2.05, 4.69) is 22.3 Å². The van der Waals surface area contributed by atoms with E-state index in [9.17, 15) is 0 Å². The van der Waals surface area contributed by atoms with E-state index in [0.717, 1.165) is 18.7 Å². The topological polar surface area (TPSA) is 60.7 Å². The van der Waals surface area contributed by atoms with Crippen LogP contribution in [0.25, 0.3) is 5.65 Å². The molecule has 0 spiro atoms. The van der Waals surface area contributed by atoms with Crippen LogP contribution < -0.4 is 10.1 Å². The highest BCUT2D eigenvalue weighted by molar-refractivity contribution is 5.37. The molecular formula is C12H16N4O2. The van der Waals surface area contributed by atoms with Gasteiger partial charge in [0, 0.05) is 31.4 Å². The molecule has 3 heterocycles. The smallest absolute Gasteiger partial charge is 0.216 e. The molecule has 2 aromatic heterocycles. The summed E-state index contributed by atoms with van der Waals surface area (Å²) in [5.41, 5.74) is 0.781. The van der Waals surface area contributed by atoms with Crippen LogP contribution in [0.3, 0.4) is 0 Å². The van der Waals surface area contributed by atoms with Gasteiger partial charge in [-0.05, 0) is 6.92 Å². The Morgan fingerprint density at radius 2 is 2.44 bits per heavy atom. The summed E-state index contributed by atoms with van der Waals surface area (Å²) in [5.74, 6) is 0.602. The van der Waals surface area contributed by atoms with Crippen LogP contribution in [0, 0.1) is 0 Å². The Kier molecular flexibility index (Phi) is 3.12. The molecule has 1 aliphatic rings. The fraction of sp³-hybridized carbons (Fsp3) is 0.500. The average Bonchev–Trinajstić information content (AvgIpc) is 2.84. The van der Waals surface area contributed by atoms with E-state index in [4.69, 9.17) is 9.47 Å². The Bertz CT molecular complexity index is 528. The minimum absolute atomic E-state index is 0.0803. The standard InChI is InChI=1S/C12H16N4O2/c1-9-6-13-7-10(18-9)8-17-12-3-5-16-11(15-12)2-4-14-16/h2-5,9-10,13H,6-8H2,1H3. The van der Waals surface area contributed by atoms with E-state index in [1.54, 1.807) is 16.8 Å². The number of hydrogen-bond donors (Lipinski definition) is 1. The molecule has 2 unspecified atom stereocenters. The summed E-state index contributed by atoms with van der Waals surface area (Å²) in [5, 5.41) is 7.39. The largest absolute Gasteiger partial charge is 0.475 e. The first-order chi connectivity index (χ1) is 8.81. The Morgan fingerprint density at radius 1 is 1.50 bits per heavy atom. The van der Waals surface area contributed by atoms with Crippen molar-refractivity contribution in [3.05, 3.63) is 24.5 Å². The molecule has 2 aromatic rings. The predicted molar refractivity (Wildman–Crippen MR) is 65.7 cm³/mol. The number of ether oxygens (including phenoxy) is 2. The van der Waals surface area contributed by atoms with E-state index in [0.29, 0.717) is 12.5 Å². The third-order valence-corrected chi connectivity index (χ3v) is 2.88. The van der Waals surface area contributed by atoms with Gasteiger partial charge in [-0.2, -0.15) is 10.1 Å². The Labute approximate surface area is 105 Å². The van der Waals surface area contributed by atoms with E-state index < -0.39 is 0 Å². The molecule has 0 radical (unpaired) electrons. The van der Waals surface area contributed by atoms with Gasteiger partial charge in [0.2, 0.25) is 5.88 Å². The number of aromatic nitrogens is 3. The predicted octanol–water partition coefficient (Wildman–Crippen LogP) is 0.485. The molecule has 0 saturated carbocycles. The maximum absolute atomic E-state index is 5.75. The fourth-order valence-corrected chi connectivity index (χ4v) is 2.02. The highest BCUT2D eigenvalue weighted by Crippen LogP contribution is 2.10.